The highest BCUT2D eigenvalue weighted by molar-refractivity contribution is 7.72. The van der Waals surface area contributed by atoms with Crippen LogP contribution in [0.2, 0.25) is 0 Å². The number of nitrogens with two attached hydrogens (primary N) is 1. The lowest BCUT2D eigenvalue weighted by Crippen LogP contribution is -2.42. The van der Waals surface area contributed by atoms with Crippen molar-refractivity contribution in [2.45, 2.75) is 37.6 Å². The third-order valence-electron chi connectivity index (χ3n) is 3.01. The van der Waals surface area contributed by atoms with E-state index in [2.05, 4.69) is 0 Å². The van der Waals surface area contributed by atoms with Gasteiger partial charge in [-0.1, -0.05) is 19.8 Å². The molecule has 10 heteroatoms. The van der Waals surface area contributed by atoms with Gasteiger partial charge in [0.25, 0.3) is 0 Å². The van der Waals surface area contributed by atoms with Crippen molar-refractivity contribution < 1.29 is 28.7 Å². The van der Waals surface area contributed by atoms with Crippen LogP contribution in [-0.2, 0) is 9.13 Å². The minimum Gasteiger partial charge on any atom is -0.323 e. The maximum atomic E-state index is 11.2. The number of unbranched alkanes of at least 4 members (excludes halogenated alkanes) is 2. The lowest BCUT2D eigenvalue weighted by Gasteiger charge is -2.32. The molecule has 0 amide bonds. The van der Waals surface area contributed by atoms with Crippen LogP contribution in [0.15, 0.2) is 0 Å². The summed E-state index contributed by atoms with van der Waals surface area (Å²) in [5, 5.41) is -2.81. The highest BCUT2D eigenvalue weighted by Gasteiger charge is 2.56. The van der Waals surface area contributed by atoms with Gasteiger partial charge in [0.2, 0.25) is 5.02 Å². The van der Waals surface area contributed by atoms with Gasteiger partial charge in [0, 0.05) is 13.0 Å². The van der Waals surface area contributed by atoms with Crippen molar-refractivity contribution in [3.05, 3.63) is 0 Å². The van der Waals surface area contributed by atoms with E-state index in [1.165, 1.54) is 0 Å². The molecule has 0 aromatic carbocycles. The van der Waals surface area contributed by atoms with Gasteiger partial charge in [-0.2, -0.15) is 0 Å². The molecule has 0 spiro atoms. The van der Waals surface area contributed by atoms with Crippen LogP contribution in [0.1, 0.15) is 32.6 Å². The molecule has 0 aliphatic rings. The SMILES string of the molecule is CCCCCN(C)CCC(N)(P(=O)(O)O)P(=O)(O)O. The summed E-state index contributed by atoms with van der Waals surface area (Å²) >= 11 is 0. The van der Waals surface area contributed by atoms with Crippen LogP contribution in [0, 0.1) is 0 Å². The zero-order chi connectivity index (χ0) is 15.3. The predicted molar refractivity (Wildman–Crippen MR) is 72.6 cm³/mol. The molecule has 0 fully saturated rings. The van der Waals surface area contributed by atoms with Gasteiger partial charge >= 0.3 is 15.2 Å². The van der Waals surface area contributed by atoms with Gasteiger partial charge in [0.15, 0.2) is 0 Å². The van der Waals surface area contributed by atoms with Gasteiger partial charge in [0.1, 0.15) is 0 Å². The van der Waals surface area contributed by atoms with Crippen LogP contribution < -0.4 is 5.73 Å². The monoisotopic (exact) mass is 318 g/mol. The second-order valence-corrected chi connectivity index (χ2v) is 8.85. The molecule has 0 saturated heterocycles. The summed E-state index contributed by atoms with van der Waals surface area (Å²) in [7, 11) is -8.50. The first-order chi connectivity index (χ1) is 8.45. The van der Waals surface area contributed by atoms with Gasteiger partial charge in [-0.15, -0.1) is 0 Å². The van der Waals surface area contributed by atoms with Crippen LogP contribution in [0.25, 0.3) is 0 Å². The second kappa shape index (κ2) is 7.29. The van der Waals surface area contributed by atoms with Crippen molar-refractivity contribution in [2.24, 2.45) is 5.73 Å². The van der Waals surface area contributed by atoms with Gasteiger partial charge in [-0.25, -0.2) is 0 Å². The highest BCUT2D eigenvalue weighted by atomic mass is 31.2. The normalized spacial score (nSPS) is 14.1. The fraction of sp³-hybridized carbons (Fsp3) is 1.00. The van der Waals surface area contributed by atoms with Crippen molar-refractivity contribution in [2.75, 3.05) is 20.1 Å². The second-order valence-electron chi connectivity index (χ2n) is 4.73. The third kappa shape index (κ3) is 5.61. The van der Waals surface area contributed by atoms with E-state index in [1.807, 2.05) is 6.92 Å². The Kier molecular flexibility index (Phi) is 7.38. The minimum atomic E-state index is -5.11. The average molecular weight is 318 g/mol. The number of rotatable bonds is 9. The molecule has 0 radical (unpaired) electrons. The number of hydrogen-bond donors (Lipinski definition) is 5. The van der Waals surface area contributed by atoms with Gasteiger partial charge in [-0.3, -0.25) is 9.13 Å². The van der Waals surface area contributed by atoms with E-state index in [1.54, 1.807) is 11.9 Å². The molecule has 0 atom stereocenters. The molecule has 116 valence electrons. The number of nitrogens with zero attached hydrogens (tertiary/aromatic N) is 1. The lowest BCUT2D eigenvalue weighted by molar-refractivity contribution is 0.271. The molecular weight excluding hydrogens is 294 g/mol. The van der Waals surface area contributed by atoms with Crippen LogP contribution in [0.4, 0.5) is 0 Å². The Labute approximate surface area is 113 Å². The Bertz CT molecular complexity index is 344. The molecule has 0 aromatic heterocycles. The average Bonchev–Trinajstić information content (AvgIpc) is 2.23. The quantitative estimate of drug-likeness (QED) is 0.305. The van der Waals surface area contributed by atoms with Crippen molar-refractivity contribution in [1.29, 1.82) is 0 Å². The first-order valence-electron chi connectivity index (χ1n) is 6.04. The molecule has 0 bridgehead atoms. The molecule has 0 heterocycles. The van der Waals surface area contributed by atoms with E-state index < -0.39 is 26.6 Å². The standard InChI is InChI=1S/C9H24N2O6P2/c1-3-4-5-7-11(2)8-6-9(10,18(12,13)14)19(15,16)17/h3-8,10H2,1-2H3,(H2,12,13,14)(H2,15,16,17). The van der Waals surface area contributed by atoms with Gasteiger partial charge in [-0.05, 0) is 20.0 Å². The Morgan fingerprint density at radius 1 is 1.05 bits per heavy atom. The van der Waals surface area contributed by atoms with E-state index in [0.29, 0.717) is 6.54 Å². The zero-order valence-corrected chi connectivity index (χ0v) is 13.1. The maximum absolute atomic E-state index is 11.2. The lowest BCUT2D eigenvalue weighted by atomic mass is 10.2. The first-order valence-corrected chi connectivity index (χ1v) is 9.27. The minimum absolute atomic E-state index is 0.108. The van der Waals surface area contributed by atoms with Crippen LogP contribution in [0.5, 0.6) is 0 Å². The molecule has 0 aliphatic heterocycles. The molecular formula is C9H24N2O6P2. The van der Waals surface area contributed by atoms with E-state index in [0.717, 1.165) is 19.3 Å². The molecule has 0 saturated carbocycles. The van der Waals surface area contributed by atoms with E-state index in [4.69, 9.17) is 25.3 Å². The molecule has 0 aromatic rings. The molecule has 6 N–H and O–H groups in total. The van der Waals surface area contributed by atoms with E-state index in [9.17, 15) is 9.13 Å². The zero-order valence-electron chi connectivity index (χ0n) is 11.3. The molecule has 0 unspecified atom stereocenters. The summed E-state index contributed by atoms with van der Waals surface area (Å²) in [6, 6.07) is 0. The molecule has 8 nitrogen and oxygen atoms in total. The number of hydrogen-bond acceptors (Lipinski definition) is 4. The Hall–Kier alpha value is 0.220. The van der Waals surface area contributed by atoms with Gasteiger partial charge < -0.3 is 30.2 Å². The van der Waals surface area contributed by atoms with Gasteiger partial charge in [0.05, 0.1) is 0 Å². The Balaban J connectivity index is 4.63. The summed E-state index contributed by atoms with van der Waals surface area (Å²) in [4.78, 5) is 38.1. The summed E-state index contributed by atoms with van der Waals surface area (Å²) in [5.41, 5.74) is 5.30. The fourth-order valence-electron chi connectivity index (χ4n) is 1.56. The van der Waals surface area contributed by atoms with E-state index >= 15 is 0 Å². The predicted octanol–water partition coefficient (Wildman–Crippen LogP) is 0.466. The summed E-state index contributed by atoms with van der Waals surface area (Å²) < 4.78 is 22.5. The summed E-state index contributed by atoms with van der Waals surface area (Å²) in [6.45, 7) is 2.84. The molecule has 0 rings (SSSR count). The van der Waals surface area contributed by atoms with Crippen LogP contribution in [0.3, 0.4) is 0 Å². The summed E-state index contributed by atoms with van der Waals surface area (Å²) in [5.74, 6) is 0. The third-order valence-corrected chi connectivity index (χ3v) is 7.04. The Morgan fingerprint density at radius 3 is 1.89 bits per heavy atom. The van der Waals surface area contributed by atoms with Crippen molar-refractivity contribution in [3.63, 3.8) is 0 Å². The maximum Gasteiger partial charge on any atom is 0.357 e. The smallest absolute Gasteiger partial charge is 0.323 e. The largest absolute Gasteiger partial charge is 0.357 e. The van der Waals surface area contributed by atoms with Crippen molar-refractivity contribution >= 4 is 15.2 Å². The topological polar surface area (TPSA) is 144 Å². The molecule has 0 aliphatic carbocycles. The highest BCUT2D eigenvalue weighted by Crippen LogP contribution is 2.67. The van der Waals surface area contributed by atoms with Crippen molar-refractivity contribution in [1.82, 2.24) is 4.90 Å². The summed E-state index contributed by atoms with van der Waals surface area (Å²) in [6.07, 6.45) is 2.51. The van der Waals surface area contributed by atoms with Crippen LogP contribution >= 0.6 is 15.2 Å². The van der Waals surface area contributed by atoms with E-state index in [-0.39, 0.29) is 6.54 Å². The fourth-order valence-corrected chi connectivity index (χ4v) is 3.70. The molecule has 19 heavy (non-hydrogen) atoms. The Morgan fingerprint density at radius 2 is 1.53 bits per heavy atom. The first kappa shape index (κ1) is 19.2. The van der Waals surface area contributed by atoms with Crippen LogP contribution in [-0.4, -0.2) is 49.6 Å². The van der Waals surface area contributed by atoms with Crippen molar-refractivity contribution in [3.8, 4) is 0 Å².